The van der Waals surface area contributed by atoms with E-state index in [1.807, 2.05) is 0 Å². The lowest BCUT2D eigenvalue weighted by Gasteiger charge is -2.40. The van der Waals surface area contributed by atoms with Gasteiger partial charge >= 0.3 is 6.18 Å². The van der Waals surface area contributed by atoms with Gasteiger partial charge in [0, 0.05) is 39.3 Å². The van der Waals surface area contributed by atoms with E-state index in [2.05, 4.69) is 17.1 Å². The molecule has 1 N–H and O–H groups in total. The van der Waals surface area contributed by atoms with Crippen molar-refractivity contribution in [2.45, 2.75) is 38.8 Å². The van der Waals surface area contributed by atoms with E-state index in [0.29, 0.717) is 18.5 Å². The molecule has 0 aromatic heterocycles. The summed E-state index contributed by atoms with van der Waals surface area (Å²) < 4.78 is 37.2. The zero-order valence-corrected chi connectivity index (χ0v) is 13.0. The summed E-state index contributed by atoms with van der Waals surface area (Å²) >= 11 is 0. The number of alkyl halides is 3. The first-order valence-electron chi connectivity index (χ1n) is 8.15. The van der Waals surface area contributed by atoms with E-state index in [4.69, 9.17) is 0 Å². The topological polar surface area (TPSA) is 18.5 Å². The van der Waals surface area contributed by atoms with Crippen LogP contribution in [0, 0.1) is 5.41 Å². The molecule has 124 valence electrons. The van der Waals surface area contributed by atoms with E-state index in [9.17, 15) is 13.2 Å². The van der Waals surface area contributed by atoms with Crippen molar-refractivity contribution in [2.24, 2.45) is 5.41 Å². The summed E-state index contributed by atoms with van der Waals surface area (Å²) in [6, 6.07) is 0. The Balaban J connectivity index is 1.79. The average Bonchev–Trinajstić information content (AvgIpc) is 2.86. The Labute approximate surface area is 125 Å². The second-order valence-electron chi connectivity index (χ2n) is 6.65. The Kier molecular flexibility index (Phi) is 5.91. The first kappa shape index (κ1) is 17.0. The molecule has 0 aromatic carbocycles. The Bertz CT molecular complexity index is 306. The molecule has 0 bridgehead atoms. The minimum absolute atomic E-state index is 0.349. The highest BCUT2D eigenvalue weighted by Gasteiger charge is 2.37. The third kappa shape index (κ3) is 5.42. The van der Waals surface area contributed by atoms with Gasteiger partial charge in [-0.3, -0.25) is 4.90 Å². The van der Waals surface area contributed by atoms with Gasteiger partial charge in [-0.15, -0.1) is 0 Å². The van der Waals surface area contributed by atoms with Crippen LogP contribution >= 0.6 is 0 Å². The van der Waals surface area contributed by atoms with Crippen LogP contribution in [0.4, 0.5) is 13.2 Å². The monoisotopic (exact) mass is 307 g/mol. The van der Waals surface area contributed by atoms with Gasteiger partial charge in [0.1, 0.15) is 0 Å². The normalized spacial score (nSPS) is 24.6. The molecular formula is C15H28F3N3. The third-order valence-corrected chi connectivity index (χ3v) is 4.84. The second-order valence-corrected chi connectivity index (χ2v) is 6.65. The van der Waals surface area contributed by atoms with E-state index < -0.39 is 12.7 Å². The first-order valence-corrected chi connectivity index (χ1v) is 8.15. The summed E-state index contributed by atoms with van der Waals surface area (Å²) in [5, 5.41) is 3.47. The number of hydrogen-bond donors (Lipinski definition) is 1. The minimum atomic E-state index is -4.07. The number of hydrogen-bond acceptors (Lipinski definition) is 3. The van der Waals surface area contributed by atoms with Crippen molar-refractivity contribution < 1.29 is 13.2 Å². The molecule has 2 aliphatic rings. The van der Waals surface area contributed by atoms with E-state index in [-0.39, 0.29) is 0 Å². The molecule has 0 radical (unpaired) electrons. The van der Waals surface area contributed by atoms with Gasteiger partial charge in [0.2, 0.25) is 0 Å². The maximum absolute atomic E-state index is 12.4. The lowest BCUT2D eigenvalue weighted by molar-refractivity contribution is -0.149. The second kappa shape index (κ2) is 7.29. The SMILES string of the molecule is CCNCC1(CN2CCN(CC(F)(F)F)CC2)CCCC1. The van der Waals surface area contributed by atoms with Gasteiger partial charge in [0.25, 0.3) is 0 Å². The van der Waals surface area contributed by atoms with E-state index >= 15 is 0 Å². The molecular weight excluding hydrogens is 279 g/mol. The predicted octanol–water partition coefficient (Wildman–Crippen LogP) is 2.34. The first-order chi connectivity index (χ1) is 9.92. The maximum atomic E-state index is 12.4. The Morgan fingerprint density at radius 1 is 1.00 bits per heavy atom. The molecule has 6 heteroatoms. The molecule has 21 heavy (non-hydrogen) atoms. The van der Waals surface area contributed by atoms with Crippen LogP contribution in [0.3, 0.4) is 0 Å². The van der Waals surface area contributed by atoms with Gasteiger partial charge in [0.15, 0.2) is 0 Å². The zero-order chi connectivity index (χ0) is 15.3. The standard InChI is InChI=1S/C15H28F3N3/c1-2-19-11-14(5-3-4-6-14)12-20-7-9-21(10-8-20)13-15(16,17)18/h19H,2-13H2,1H3. The maximum Gasteiger partial charge on any atom is 0.401 e. The fourth-order valence-corrected chi connectivity index (χ4v) is 3.74. The lowest BCUT2D eigenvalue weighted by atomic mass is 9.85. The quantitative estimate of drug-likeness (QED) is 0.812. The fraction of sp³-hybridized carbons (Fsp3) is 1.00. The van der Waals surface area contributed by atoms with Crippen molar-refractivity contribution in [1.82, 2.24) is 15.1 Å². The summed E-state index contributed by atoms with van der Waals surface area (Å²) in [6.07, 6.45) is 1.02. The number of rotatable bonds is 6. The molecule has 0 aromatic rings. The van der Waals surface area contributed by atoms with Crippen molar-refractivity contribution in [3.8, 4) is 0 Å². The van der Waals surface area contributed by atoms with Crippen molar-refractivity contribution in [1.29, 1.82) is 0 Å². The predicted molar refractivity (Wildman–Crippen MR) is 78.4 cm³/mol. The summed E-state index contributed by atoms with van der Waals surface area (Å²) in [6.45, 7) is 7.05. The third-order valence-electron chi connectivity index (χ3n) is 4.84. The molecule has 2 rings (SSSR count). The van der Waals surface area contributed by atoms with Crippen molar-refractivity contribution in [2.75, 3.05) is 52.4 Å². The van der Waals surface area contributed by atoms with Crippen LogP contribution in [0.5, 0.6) is 0 Å². The van der Waals surface area contributed by atoms with Gasteiger partial charge < -0.3 is 10.2 Å². The highest BCUT2D eigenvalue weighted by Crippen LogP contribution is 2.38. The van der Waals surface area contributed by atoms with E-state index in [0.717, 1.165) is 32.7 Å². The minimum Gasteiger partial charge on any atom is -0.316 e. The summed E-state index contributed by atoms with van der Waals surface area (Å²) in [5.74, 6) is 0. The van der Waals surface area contributed by atoms with Gasteiger partial charge in [-0.25, -0.2) is 0 Å². The van der Waals surface area contributed by atoms with Gasteiger partial charge in [-0.05, 0) is 24.8 Å². The number of nitrogens with zero attached hydrogens (tertiary/aromatic N) is 2. The molecule has 3 nitrogen and oxygen atoms in total. The highest BCUT2D eigenvalue weighted by molar-refractivity contribution is 4.90. The number of nitrogens with one attached hydrogen (secondary N) is 1. The number of piperazine rings is 1. The van der Waals surface area contributed by atoms with Crippen molar-refractivity contribution >= 4 is 0 Å². The molecule has 1 saturated carbocycles. The highest BCUT2D eigenvalue weighted by atomic mass is 19.4. The van der Waals surface area contributed by atoms with Gasteiger partial charge in [-0.2, -0.15) is 13.2 Å². The Morgan fingerprint density at radius 3 is 2.10 bits per heavy atom. The summed E-state index contributed by atoms with van der Waals surface area (Å²) in [4.78, 5) is 3.90. The molecule has 2 fully saturated rings. The van der Waals surface area contributed by atoms with Crippen molar-refractivity contribution in [3.05, 3.63) is 0 Å². The molecule has 0 amide bonds. The molecule has 1 aliphatic carbocycles. The summed E-state index contributed by atoms with van der Waals surface area (Å²) in [5.41, 5.74) is 0.349. The Hall–Kier alpha value is -0.330. The fourth-order valence-electron chi connectivity index (χ4n) is 3.74. The lowest BCUT2D eigenvalue weighted by Crippen LogP contribution is -2.52. The molecule has 1 heterocycles. The zero-order valence-electron chi connectivity index (χ0n) is 13.0. The molecule has 1 aliphatic heterocycles. The van der Waals surface area contributed by atoms with Crippen LogP contribution in [0.2, 0.25) is 0 Å². The van der Waals surface area contributed by atoms with Crippen LogP contribution in [0.25, 0.3) is 0 Å². The van der Waals surface area contributed by atoms with Crippen LogP contribution in [0.15, 0.2) is 0 Å². The Morgan fingerprint density at radius 2 is 1.57 bits per heavy atom. The van der Waals surface area contributed by atoms with E-state index in [1.54, 1.807) is 0 Å². The number of halogens is 3. The molecule has 0 atom stereocenters. The molecule has 0 unspecified atom stereocenters. The smallest absolute Gasteiger partial charge is 0.316 e. The largest absolute Gasteiger partial charge is 0.401 e. The van der Waals surface area contributed by atoms with Crippen LogP contribution in [0.1, 0.15) is 32.6 Å². The van der Waals surface area contributed by atoms with Crippen LogP contribution in [-0.2, 0) is 0 Å². The average molecular weight is 307 g/mol. The van der Waals surface area contributed by atoms with E-state index in [1.165, 1.54) is 30.6 Å². The van der Waals surface area contributed by atoms with Crippen molar-refractivity contribution in [3.63, 3.8) is 0 Å². The van der Waals surface area contributed by atoms with Crippen LogP contribution < -0.4 is 5.32 Å². The summed E-state index contributed by atoms with van der Waals surface area (Å²) in [7, 11) is 0. The van der Waals surface area contributed by atoms with Gasteiger partial charge in [0.05, 0.1) is 6.54 Å². The van der Waals surface area contributed by atoms with Crippen LogP contribution in [-0.4, -0.2) is 68.3 Å². The molecule has 0 spiro atoms. The molecule has 1 saturated heterocycles. The van der Waals surface area contributed by atoms with Gasteiger partial charge in [-0.1, -0.05) is 19.8 Å².